The van der Waals surface area contributed by atoms with E-state index in [1.54, 1.807) is 0 Å². The van der Waals surface area contributed by atoms with Crippen molar-refractivity contribution in [2.75, 3.05) is 13.2 Å². The molecule has 0 heterocycles. The predicted octanol–water partition coefficient (Wildman–Crippen LogP) is 21.6. The number of rotatable bonds is 64. The molecule has 2 atom stereocenters. The number of nitrogens with one attached hydrogen (secondary N) is 1. The number of allylic oxidation sites excluding steroid dienone is 2. The van der Waals surface area contributed by atoms with Gasteiger partial charge in [0.15, 0.2) is 0 Å². The molecule has 0 bridgehead atoms. The molecule has 0 fully saturated rings. The fourth-order valence-corrected chi connectivity index (χ4v) is 10.9. The van der Waals surface area contributed by atoms with E-state index in [4.69, 9.17) is 4.74 Å². The molecule has 6 heteroatoms. The molecule has 3 N–H and O–H groups in total. The molecule has 2 unspecified atom stereocenters. The van der Waals surface area contributed by atoms with Crippen LogP contribution in [0.2, 0.25) is 0 Å². The van der Waals surface area contributed by atoms with Gasteiger partial charge < -0.3 is 20.3 Å². The van der Waals surface area contributed by atoms with Crippen molar-refractivity contribution in [1.29, 1.82) is 0 Å². The van der Waals surface area contributed by atoms with Crippen molar-refractivity contribution in [1.82, 2.24) is 5.32 Å². The van der Waals surface area contributed by atoms with Crippen LogP contribution in [0.3, 0.4) is 0 Å². The molecule has 0 radical (unpaired) electrons. The van der Waals surface area contributed by atoms with E-state index in [9.17, 15) is 19.8 Å². The Hall–Kier alpha value is -1.40. The average molecular weight is 1040 g/mol. The van der Waals surface area contributed by atoms with Gasteiger partial charge in [0, 0.05) is 12.8 Å². The van der Waals surface area contributed by atoms with Crippen LogP contribution in [0.15, 0.2) is 12.2 Å². The molecule has 0 aromatic rings. The van der Waals surface area contributed by atoms with Crippen LogP contribution >= 0.6 is 0 Å². The molecule has 0 aromatic carbocycles. The van der Waals surface area contributed by atoms with Crippen LogP contribution in [-0.4, -0.2) is 47.4 Å². The quantitative estimate of drug-likeness (QED) is 0.0320. The smallest absolute Gasteiger partial charge is 0.305 e. The summed E-state index contributed by atoms with van der Waals surface area (Å²) in [5.74, 6) is -0.0658. The van der Waals surface area contributed by atoms with Gasteiger partial charge in [0.2, 0.25) is 5.91 Å². The molecule has 0 aromatic heterocycles. The average Bonchev–Trinajstić information content (AvgIpc) is 3.40. The van der Waals surface area contributed by atoms with Crippen molar-refractivity contribution in [3.05, 3.63) is 12.2 Å². The Morgan fingerprint density at radius 2 is 0.635 bits per heavy atom. The third-order valence-corrected chi connectivity index (χ3v) is 16.1. The zero-order chi connectivity index (χ0) is 53.6. The molecule has 0 rings (SSSR count). The summed E-state index contributed by atoms with van der Waals surface area (Å²) in [6.07, 6.45) is 78.1. The van der Waals surface area contributed by atoms with Gasteiger partial charge in [0.05, 0.1) is 25.4 Å². The van der Waals surface area contributed by atoms with Gasteiger partial charge in [-0.25, -0.2) is 0 Å². The fraction of sp³-hybridized carbons (Fsp3) is 0.941. The first kappa shape index (κ1) is 72.6. The molecule has 74 heavy (non-hydrogen) atoms. The van der Waals surface area contributed by atoms with E-state index in [1.165, 1.54) is 283 Å². The Kier molecular flexibility index (Phi) is 62.9. The number of carbonyl (C=O) groups is 2. The first-order valence-electron chi connectivity index (χ1n) is 33.9. The van der Waals surface area contributed by atoms with Crippen LogP contribution in [0, 0.1) is 0 Å². The molecule has 0 aliphatic heterocycles. The van der Waals surface area contributed by atoms with E-state index < -0.39 is 12.1 Å². The summed E-state index contributed by atoms with van der Waals surface area (Å²) in [5, 5.41) is 23.4. The molecule has 0 aliphatic carbocycles. The summed E-state index contributed by atoms with van der Waals surface area (Å²) in [6, 6.07) is -0.563. The Bertz CT molecular complexity index is 1110. The largest absolute Gasteiger partial charge is 0.466 e. The second kappa shape index (κ2) is 64.1. The van der Waals surface area contributed by atoms with Gasteiger partial charge in [-0.3, -0.25) is 9.59 Å². The number of aliphatic hydroxyl groups excluding tert-OH is 2. The number of esters is 1. The first-order valence-corrected chi connectivity index (χ1v) is 33.9. The van der Waals surface area contributed by atoms with Crippen molar-refractivity contribution >= 4 is 11.9 Å². The van der Waals surface area contributed by atoms with Gasteiger partial charge in [-0.15, -0.1) is 0 Å². The van der Waals surface area contributed by atoms with Crippen LogP contribution in [0.1, 0.15) is 386 Å². The maximum absolute atomic E-state index is 12.5. The molecule has 0 aliphatic rings. The summed E-state index contributed by atoms with van der Waals surface area (Å²) in [5.41, 5.74) is 0. The van der Waals surface area contributed by atoms with Crippen molar-refractivity contribution in [2.24, 2.45) is 0 Å². The van der Waals surface area contributed by atoms with Crippen LogP contribution in [0.5, 0.6) is 0 Å². The van der Waals surface area contributed by atoms with E-state index in [0.717, 1.165) is 70.6 Å². The minimum absolute atomic E-state index is 0.00618. The lowest BCUT2D eigenvalue weighted by Gasteiger charge is -2.22. The number of carbonyl (C=O) groups excluding carboxylic acids is 2. The third kappa shape index (κ3) is 59.8. The Morgan fingerprint density at radius 1 is 0.365 bits per heavy atom. The Morgan fingerprint density at radius 3 is 0.973 bits per heavy atom. The topological polar surface area (TPSA) is 95.9 Å². The van der Waals surface area contributed by atoms with Gasteiger partial charge in [0.1, 0.15) is 0 Å². The van der Waals surface area contributed by atoms with Crippen LogP contribution in [0.4, 0.5) is 0 Å². The minimum atomic E-state index is -0.682. The fourth-order valence-electron chi connectivity index (χ4n) is 10.9. The molecular weight excluding hydrogens is 911 g/mol. The third-order valence-electron chi connectivity index (χ3n) is 16.1. The number of ether oxygens (including phenoxy) is 1. The summed E-state index contributed by atoms with van der Waals surface area (Å²) >= 11 is 0. The first-order chi connectivity index (χ1) is 36.5. The second-order valence-corrected chi connectivity index (χ2v) is 23.5. The lowest BCUT2D eigenvalue weighted by Crippen LogP contribution is -2.45. The van der Waals surface area contributed by atoms with E-state index in [-0.39, 0.29) is 18.5 Å². The van der Waals surface area contributed by atoms with E-state index in [0.29, 0.717) is 25.9 Å². The molecule has 0 spiro atoms. The molecule has 0 saturated heterocycles. The lowest BCUT2D eigenvalue weighted by atomic mass is 10.0. The molecule has 6 nitrogen and oxygen atoms in total. The zero-order valence-corrected chi connectivity index (χ0v) is 50.4. The van der Waals surface area contributed by atoms with Gasteiger partial charge in [0.25, 0.3) is 0 Å². The van der Waals surface area contributed by atoms with Crippen LogP contribution in [-0.2, 0) is 14.3 Å². The van der Waals surface area contributed by atoms with Gasteiger partial charge in [-0.05, 0) is 51.4 Å². The van der Waals surface area contributed by atoms with E-state index in [1.807, 2.05) is 0 Å². The predicted molar refractivity (Wildman–Crippen MR) is 324 cm³/mol. The standard InChI is InChI=1S/C68H133NO5/c1-3-5-7-9-11-13-15-17-19-21-23-24-25-26-27-28-30-31-33-36-40-44-48-52-56-60-66(71)65(64-70)69-67(72)61-57-53-49-45-41-37-35-39-43-47-51-55-59-63-74-68(73)62-58-54-50-46-42-38-34-32-29-22-20-18-16-14-12-10-8-6-4-2/h37,41,65-66,70-71H,3-36,38-40,42-64H2,1-2H3,(H,69,72)/b41-37-. The summed E-state index contributed by atoms with van der Waals surface area (Å²) in [7, 11) is 0. The monoisotopic (exact) mass is 1040 g/mol. The van der Waals surface area contributed by atoms with Gasteiger partial charge in [-0.1, -0.05) is 334 Å². The molecular formula is C68H133NO5. The highest BCUT2D eigenvalue weighted by Crippen LogP contribution is 2.19. The summed E-state index contributed by atoms with van der Waals surface area (Å²) < 4.78 is 5.49. The molecule has 1 amide bonds. The summed E-state index contributed by atoms with van der Waals surface area (Å²) in [4.78, 5) is 24.6. The number of unbranched alkanes of at least 4 members (excludes halogenated alkanes) is 51. The van der Waals surface area contributed by atoms with Crippen molar-refractivity contribution in [3.8, 4) is 0 Å². The van der Waals surface area contributed by atoms with Gasteiger partial charge >= 0.3 is 5.97 Å². The highest BCUT2D eigenvalue weighted by atomic mass is 16.5. The Labute approximate surface area is 463 Å². The highest BCUT2D eigenvalue weighted by molar-refractivity contribution is 5.76. The highest BCUT2D eigenvalue weighted by Gasteiger charge is 2.20. The zero-order valence-electron chi connectivity index (χ0n) is 50.4. The van der Waals surface area contributed by atoms with Gasteiger partial charge in [-0.2, -0.15) is 0 Å². The Balaban J connectivity index is 3.44. The lowest BCUT2D eigenvalue weighted by molar-refractivity contribution is -0.143. The number of aliphatic hydroxyl groups is 2. The molecule has 0 saturated carbocycles. The van der Waals surface area contributed by atoms with Crippen molar-refractivity contribution < 1.29 is 24.5 Å². The normalized spacial score (nSPS) is 12.5. The van der Waals surface area contributed by atoms with Crippen molar-refractivity contribution in [2.45, 2.75) is 398 Å². The summed E-state index contributed by atoms with van der Waals surface area (Å²) in [6.45, 7) is 4.96. The SMILES string of the molecule is CCCCCCCCCCCCCCCCCCCCCCCCCCCC(O)C(CO)NC(=O)CCCCC/C=C\CCCCCCCCOC(=O)CCCCCCCCCCCCCCCCCCCCC. The van der Waals surface area contributed by atoms with Crippen LogP contribution in [0.25, 0.3) is 0 Å². The second-order valence-electron chi connectivity index (χ2n) is 23.5. The van der Waals surface area contributed by atoms with Crippen molar-refractivity contribution in [3.63, 3.8) is 0 Å². The molecule has 440 valence electrons. The minimum Gasteiger partial charge on any atom is -0.466 e. The van der Waals surface area contributed by atoms with Crippen LogP contribution < -0.4 is 5.32 Å². The number of amides is 1. The number of hydrogen-bond acceptors (Lipinski definition) is 5. The van der Waals surface area contributed by atoms with E-state index >= 15 is 0 Å². The van der Waals surface area contributed by atoms with E-state index in [2.05, 4.69) is 31.3 Å². The maximum atomic E-state index is 12.5. The maximum Gasteiger partial charge on any atom is 0.305 e. The number of hydrogen-bond donors (Lipinski definition) is 3.